The van der Waals surface area contributed by atoms with Crippen molar-refractivity contribution in [2.24, 2.45) is 0 Å². The second-order valence-electron chi connectivity index (χ2n) is 3.71. The van der Waals surface area contributed by atoms with Gasteiger partial charge in [0, 0.05) is 5.69 Å². The molecule has 0 spiro atoms. The average molecular weight is 211 g/mol. The normalized spacial score (nSPS) is 9.81. The molecule has 0 aromatic heterocycles. The van der Waals surface area contributed by atoms with Crippen LogP contribution in [0.4, 0.5) is 5.69 Å². The summed E-state index contributed by atoms with van der Waals surface area (Å²) in [6, 6.07) is 16.1. The summed E-state index contributed by atoms with van der Waals surface area (Å²) in [5, 5.41) is 2.65. The summed E-state index contributed by atoms with van der Waals surface area (Å²) in [4.78, 5) is 10.4. The minimum Gasteiger partial charge on any atom is -0.329 e. The summed E-state index contributed by atoms with van der Waals surface area (Å²) in [5.41, 5.74) is 4.31. The van der Waals surface area contributed by atoms with E-state index in [2.05, 4.69) is 30.4 Å². The Balaban J connectivity index is 2.40. The second-order valence-corrected chi connectivity index (χ2v) is 3.71. The van der Waals surface area contributed by atoms with Crippen molar-refractivity contribution in [3.63, 3.8) is 0 Å². The first-order chi connectivity index (χ1) is 7.79. The number of carbonyl (C=O) groups is 1. The number of rotatable bonds is 3. The van der Waals surface area contributed by atoms with Gasteiger partial charge in [-0.05, 0) is 30.2 Å². The molecule has 0 radical (unpaired) electrons. The van der Waals surface area contributed by atoms with Gasteiger partial charge in [0.1, 0.15) is 0 Å². The molecule has 0 bridgehead atoms. The molecule has 2 aromatic carbocycles. The zero-order chi connectivity index (χ0) is 11.4. The minimum atomic E-state index is 0.690. The molecule has 0 saturated heterocycles. The van der Waals surface area contributed by atoms with Crippen LogP contribution in [0, 0.1) is 6.92 Å². The maximum absolute atomic E-state index is 10.4. The molecule has 0 atom stereocenters. The lowest BCUT2D eigenvalue weighted by Crippen LogP contribution is -1.93. The van der Waals surface area contributed by atoms with E-state index in [9.17, 15) is 4.79 Å². The molecule has 2 aromatic rings. The summed E-state index contributed by atoms with van der Waals surface area (Å²) in [5.74, 6) is 0. The molecule has 0 heterocycles. The van der Waals surface area contributed by atoms with E-state index in [4.69, 9.17) is 0 Å². The molecule has 2 heteroatoms. The van der Waals surface area contributed by atoms with Crippen molar-refractivity contribution in [2.75, 3.05) is 5.32 Å². The van der Waals surface area contributed by atoms with Crippen molar-refractivity contribution < 1.29 is 4.79 Å². The quantitative estimate of drug-likeness (QED) is 0.776. The van der Waals surface area contributed by atoms with Gasteiger partial charge in [-0.3, -0.25) is 4.79 Å². The summed E-state index contributed by atoms with van der Waals surface area (Å²) >= 11 is 0. The van der Waals surface area contributed by atoms with Crippen LogP contribution in [0.5, 0.6) is 0 Å². The third-order valence-electron chi connectivity index (χ3n) is 2.44. The first-order valence-corrected chi connectivity index (χ1v) is 5.17. The Kier molecular flexibility index (Phi) is 3.01. The molecule has 0 fully saturated rings. The van der Waals surface area contributed by atoms with Crippen LogP contribution >= 0.6 is 0 Å². The number of anilines is 1. The van der Waals surface area contributed by atoms with Crippen molar-refractivity contribution in [3.05, 3.63) is 54.1 Å². The molecule has 0 unspecified atom stereocenters. The highest BCUT2D eigenvalue weighted by Crippen LogP contribution is 2.23. The fraction of sp³-hybridized carbons (Fsp3) is 0.0714. The molecule has 16 heavy (non-hydrogen) atoms. The Morgan fingerprint density at radius 2 is 1.69 bits per heavy atom. The lowest BCUT2D eigenvalue weighted by molar-refractivity contribution is -0.105. The molecule has 1 N–H and O–H groups in total. The lowest BCUT2D eigenvalue weighted by atomic mass is 10.0. The Hall–Kier alpha value is -2.09. The number of carbonyl (C=O) groups excluding carboxylic acids is 1. The van der Waals surface area contributed by atoms with E-state index in [1.165, 1.54) is 5.56 Å². The van der Waals surface area contributed by atoms with Crippen molar-refractivity contribution in [2.45, 2.75) is 6.92 Å². The molecule has 2 rings (SSSR count). The largest absolute Gasteiger partial charge is 0.329 e. The highest BCUT2D eigenvalue weighted by molar-refractivity contribution is 5.76. The van der Waals surface area contributed by atoms with Crippen LogP contribution in [0.2, 0.25) is 0 Å². The van der Waals surface area contributed by atoms with E-state index >= 15 is 0 Å². The van der Waals surface area contributed by atoms with Gasteiger partial charge in [-0.1, -0.05) is 42.0 Å². The molecule has 80 valence electrons. The zero-order valence-corrected chi connectivity index (χ0v) is 9.10. The molecule has 0 aliphatic carbocycles. The van der Waals surface area contributed by atoms with Crippen LogP contribution in [0.25, 0.3) is 11.1 Å². The van der Waals surface area contributed by atoms with E-state index < -0.39 is 0 Å². The predicted molar refractivity (Wildman–Crippen MR) is 66.3 cm³/mol. The molecular weight excluding hydrogens is 198 g/mol. The average Bonchev–Trinajstić information content (AvgIpc) is 2.30. The van der Waals surface area contributed by atoms with Crippen molar-refractivity contribution in [1.82, 2.24) is 0 Å². The van der Waals surface area contributed by atoms with Crippen LogP contribution in [-0.2, 0) is 4.79 Å². The topological polar surface area (TPSA) is 29.1 Å². The van der Waals surface area contributed by atoms with Crippen molar-refractivity contribution in [3.8, 4) is 11.1 Å². The van der Waals surface area contributed by atoms with E-state index in [-0.39, 0.29) is 0 Å². The predicted octanol–water partition coefficient (Wildman–Crippen LogP) is 3.23. The molecular formula is C14H13NO. The Morgan fingerprint density at radius 3 is 2.38 bits per heavy atom. The number of benzene rings is 2. The minimum absolute atomic E-state index is 0.690. The van der Waals surface area contributed by atoms with Crippen LogP contribution < -0.4 is 5.32 Å². The van der Waals surface area contributed by atoms with Gasteiger partial charge in [-0.25, -0.2) is 0 Å². The molecule has 0 aliphatic heterocycles. The maximum atomic E-state index is 10.4. The highest BCUT2D eigenvalue weighted by atomic mass is 16.1. The van der Waals surface area contributed by atoms with Gasteiger partial charge in [-0.2, -0.15) is 0 Å². The van der Waals surface area contributed by atoms with Gasteiger partial charge in [0.15, 0.2) is 0 Å². The fourth-order valence-corrected chi connectivity index (χ4v) is 1.68. The van der Waals surface area contributed by atoms with Gasteiger partial charge in [0.25, 0.3) is 0 Å². The number of nitrogens with one attached hydrogen (secondary N) is 1. The highest BCUT2D eigenvalue weighted by Gasteiger charge is 1.98. The van der Waals surface area contributed by atoms with Gasteiger partial charge in [0.05, 0.1) is 0 Å². The number of hydrogen-bond acceptors (Lipinski definition) is 1. The van der Waals surface area contributed by atoms with Crippen molar-refractivity contribution >= 4 is 12.1 Å². The summed E-state index contributed by atoms with van der Waals surface area (Å²) in [6.07, 6.45) is 0.690. The van der Waals surface area contributed by atoms with Crippen LogP contribution in [-0.4, -0.2) is 6.41 Å². The first-order valence-electron chi connectivity index (χ1n) is 5.17. The Morgan fingerprint density at radius 1 is 1.00 bits per heavy atom. The summed E-state index contributed by atoms with van der Waals surface area (Å²) in [6.45, 7) is 2.07. The summed E-state index contributed by atoms with van der Waals surface area (Å²) < 4.78 is 0. The SMILES string of the molecule is Cc1cccc(-c2cccc(NC=O)c2)c1. The second kappa shape index (κ2) is 4.62. The van der Waals surface area contributed by atoms with Gasteiger partial charge in [0.2, 0.25) is 6.41 Å². The third kappa shape index (κ3) is 2.28. The van der Waals surface area contributed by atoms with Crippen LogP contribution in [0.3, 0.4) is 0 Å². The molecule has 0 aliphatic rings. The molecule has 1 amide bonds. The van der Waals surface area contributed by atoms with E-state index in [1.807, 2.05) is 30.3 Å². The van der Waals surface area contributed by atoms with Gasteiger partial charge < -0.3 is 5.32 Å². The number of amides is 1. The first kappa shape index (κ1) is 10.4. The number of aryl methyl sites for hydroxylation is 1. The Bertz CT molecular complexity index is 506. The zero-order valence-electron chi connectivity index (χ0n) is 9.10. The van der Waals surface area contributed by atoms with E-state index in [0.29, 0.717) is 6.41 Å². The fourth-order valence-electron chi connectivity index (χ4n) is 1.68. The monoisotopic (exact) mass is 211 g/mol. The van der Waals surface area contributed by atoms with Gasteiger partial charge >= 0.3 is 0 Å². The molecule has 0 saturated carbocycles. The number of hydrogen-bond donors (Lipinski definition) is 1. The van der Waals surface area contributed by atoms with Crippen molar-refractivity contribution in [1.29, 1.82) is 0 Å². The maximum Gasteiger partial charge on any atom is 0.211 e. The van der Waals surface area contributed by atoms with E-state index in [1.54, 1.807) is 0 Å². The smallest absolute Gasteiger partial charge is 0.211 e. The van der Waals surface area contributed by atoms with E-state index in [0.717, 1.165) is 16.8 Å². The van der Waals surface area contributed by atoms with Crippen LogP contribution in [0.15, 0.2) is 48.5 Å². The molecule has 2 nitrogen and oxygen atoms in total. The third-order valence-corrected chi connectivity index (χ3v) is 2.44. The Labute approximate surface area is 94.9 Å². The lowest BCUT2D eigenvalue weighted by Gasteiger charge is -2.05. The summed E-state index contributed by atoms with van der Waals surface area (Å²) in [7, 11) is 0. The standard InChI is InChI=1S/C14H13NO/c1-11-4-2-5-12(8-11)13-6-3-7-14(9-13)15-10-16/h2-10H,1H3,(H,15,16). The van der Waals surface area contributed by atoms with Crippen LogP contribution in [0.1, 0.15) is 5.56 Å². The van der Waals surface area contributed by atoms with Gasteiger partial charge in [-0.15, -0.1) is 0 Å².